The predicted octanol–water partition coefficient (Wildman–Crippen LogP) is 1.41. The molecule has 0 fully saturated rings. The maximum absolute atomic E-state index is 5.91. The van der Waals surface area contributed by atoms with Gasteiger partial charge in [-0.25, -0.2) is 0 Å². The molecule has 0 aliphatic carbocycles. The van der Waals surface area contributed by atoms with Crippen LogP contribution in [0.15, 0.2) is 12.4 Å². The minimum atomic E-state index is 0.122. The molecule has 0 saturated carbocycles. The fourth-order valence-electron chi connectivity index (χ4n) is 2.17. The molecule has 2 N–H and O–H groups in total. The van der Waals surface area contributed by atoms with Crippen LogP contribution in [0.5, 0.6) is 0 Å². The molecule has 0 aliphatic heterocycles. The molecule has 0 amide bonds. The molecule has 0 aromatic carbocycles. The molecule has 4 heteroatoms. The van der Waals surface area contributed by atoms with Gasteiger partial charge in [0.25, 0.3) is 0 Å². The van der Waals surface area contributed by atoms with Gasteiger partial charge in [-0.05, 0) is 31.9 Å². The van der Waals surface area contributed by atoms with Gasteiger partial charge in [-0.1, -0.05) is 13.8 Å². The van der Waals surface area contributed by atoms with Crippen molar-refractivity contribution in [2.45, 2.75) is 39.2 Å². The van der Waals surface area contributed by atoms with Crippen molar-refractivity contribution in [3.05, 3.63) is 18.0 Å². The standard InChI is InChI=1S/C13H26N4/c1-5-13(3,11-14)17(6-2)8-7-12-9-15-16(4)10-12/h9-10H,5-8,11,14H2,1-4H3. The molecule has 0 aliphatic rings. The van der Waals surface area contributed by atoms with Crippen LogP contribution < -0.4 is 5.73 Å². The molecule has 0 spiro atoms. The molecule has 1 aromatic heterocycles. The predicted molar refractivity (Wildman–Crippen MR) is 71.9 cm³/mol. The van der Waals surface area contributed by atoms with E-state index in [-0.39, 0.29) is 5.54 Å². The van der Waals surface area contributed by atoms with E-state index in [2.05, 4.69) is 37.0 Å². The van der Waals surface area contributed by atoms with E-state index in [1.165, 1.54) is 5.56 Å². The van der Waals surface area contributed by atoms with Gasteiger partial charge < -0.3 is 5.73 Å². The van der Waals surface area contributed by atoms with Crippen LogP contribution >= 0.6 is 0 Å². The number of likely N-dealkylation sites (N-methyl/N-ethyl adjacent to an activating group) is 1. The number of nitrogens with two attached hydrogens (primary N) is 1. The third-order valence-electron chi connectivity index (χ3n) is 3.78. The van der Waals surface area contributed by atoms with E-state index in [1.54, 1.807) is 0 Å². The minimum absolute atomic E-state index is 0.122. The van der Waals surface area contributed by atoms with Crippen molar-refractivity contribution in [3.8, 4) is 0 Å². The van der Waals surface area contributed by atoms with Crippen molar-refractivity contribution in [1.82, 2.24) is 14.7 Å². The first kappa shape index (κ1) is 14.2. The first-order valence-electron chi connectivity index (χ1n) is 6.48. The van der Waals surface area contributed by atoms with E-state index in [1.807, 2.05) is 17.9 Å². The highest BCUT2D eigenvalue weighted by Crippen LogP contribution is 2.18. The van der Waals surface area contributed by atoms with Crippen LogP contribution in [0.4, 0.5) is 0 Å². The number of nitrogens with zero attached hydrogens (tertiary/aromatic N) is 3. The summed E-state index contributed by atoms with van der Waals surface area (Å²) in [5.41, 5.74) is 7.32. The topological polar surface area (TPSA) is 47.1 Å². The van der Waals surface area contributed by atoms with E-state index in [4.69, 9.17) is 5.73 Å². The van der Waals surface area contributed by atoms with Crippen LogP contribution in [-0.4, -0.2) is 39.9 Å². The van der Waals surface area contributed by atoms with E-state index >= 15 is 0 Å². The molecular weight excluding hydrogens is 212 g/mol. The Labute approximate surface area is 105 Å². The summed E-state index contributed by atoms with van der Waals surface area (Å²) in [5.74, 6) is 0. The minimum Gasteiger partial charge on any atom is -0.329 e. The lowest BCUT2D eigenvalue weighted by molar-refractivity contribution is 0.114. The Bertz CT molecular complexity index is 328. The highest BCUT2D eigenvalue weighted by Gasteiger charge is 2.26. The molecule has 0 saturated heterocycles. The van der Waals surface area contributed by atoms with Crippen molar-refractivity contribution >= 4 is 0 Å². The zero-order chi connectivity index (χ0) is 12.9. The van der Waals surface area contributed by atoms with Crippen molar-refractivity contribution < 1.29 is 0 Å². The van der Waals surface area contributed by atoms with Crippen molar-refractivity contribution in [3.63, 3.8) is 0 Å². The molecule has 1 unspecified atom stereocenters. The molecular formula is C13H26N4. The fourth-order valence-corrected chi connectivity index (χ4v) is 2.17. The van der Waals surface area contributed by atoms with Crippen LogP contribution in [0.1, 0.15) is 32.8 Å². The fraction of sp³-hybridized carbons (Fsp3) is 0.769. The molecule has 1 aromatic rings. The summed E-state index contributed by atoms with van der Waals surface area (Å²) in [4.78, 5) is 2.47. The second kappa shape index (κ2) is 6.17. The Morgan fingerprint density at radius 1 is 1.47 bits per heavy atom. The molecule has 1 rings (SSSR count). The third kappa shape index (κ3) is 3.54. The smallest absolute Gasteiger partial charge is 0.0522 e. The van der Waals surface area contributed by atoms with Gasteiger partial charge in [-0.15, -0.1) is 0 Å². The van der Waals surface area contributed by atoms with Crippen LogP contribution in [0.25, 0.3) is 0 Å². The molecule has 1 heterocycles. The van der Waals surface area contributed by atoms with Crippen LogP contribution in [0, 0.1) is 0 Å². The van der Waals surface area contributed by atoms with Crippen LogP contribution in [-0.2, 0) is 13.5 Å². The SMILES string of the molecule is CCN(CCc1cnn(C)c1)C(C)(CC)CN. The summed E-state index contributed by atoms with van der Waals surface area (Å²) in [7, 11) is 1.96. The molecule has 0 bridgehead atoms. The number of hydrogen-bond acceptors (Lipinski definition) is 3. The van der Waals surface area contributed by atoms with Crippen molar-refractivity contribution in [1.29, 1.82) is 0 Å². The normalized spacial score (nSPS) is 15.2. The van der Waals surface area contributed by atoms with E-state index < -0.39 is 0 Å². The first-order chi connectivity index (χ1) is 8.05. The van der Waals surface area contributed by atoms with Gasteiger partial charge in [0.15, 0.2) is 0 Å². The first-order valence-corrected chi connectivity index (χ1v) is 6.48. The summed E-state index contributed by atoms with van der Waals surface area (Å²) in [5, 5.41) is 4.20. The number of aryl methyl sites for hydroxylation is 1. The summed E-state index contributed by atoms with van der Waals surface area (Å²) in [6, 6.07) is 0. The molecule has 98 valence electrons. The van der Waals surface area contributed by atoms with Gasteiger partial charge in [0, 0.05) is 31.9 Å². The number of rotatable bonds is 7. The van der Waals surface area contributed by atoms with Crippen LogP contribution in [0.2, 0.25) is 0 Å². The molecule has 4 nitrogen and oxygen atoms in total. The van der Waals surface area contributed by atoms with Crippen molar-refractivity contribution in [2.24, 2.45) is 12.8 Å². The van der Waals surface area contributed by atoms with E-state index in [0.29, 0.717) is 6.54 Å². The number of hydrogen-bond donors (Lipinski definition) is 1. The molecule has 0 radical (unpaired) electrons. The quantitative estimate of drug-likeness (QED) is 0.781. The number of aromatic nitrogens is 2. The van der Waals surface area contributed by atoms with Gasteiger partial charge in [0.05, 0.1) is 6.20 Å². The van der Waals surface area contributed by atoms with Gasteiger partial charge >= 0.3 is 0 Å². The summed E-state index contributed by atoms with van der Waals surface area (Å²) < 4.78 is 1.85. The van der Waals surface area contributed by atoms with E-state index in [9.17, 15) is 0 Å². The Hall–Kier alpha value is -0.870. The lowest BCUT2D eigenvalue weighted by atomic mass is 9.96. The zero-order valence-electron chi connectivity index (χ0n) is 11.6. The Morgan fingerprint density at radius 3 is 2.59 bits per heavy atom. The second-order valence-electron chi connectivity index (χ2n) is 4.91. The summed E-state index contributed by atoms with van der Waals surface area (Å²) >= 11 is 0. The Kier molecular flexibility index (Phi) is 5.15. The average molecular weight is 238 g/mol. The van der Waals surface area contributed by atoms with Crippen LogP contribution in [0.3, 0.4) is 0 Å². The maximum Gasteiger partial charge on any atom is 0.0522 e. The maximum atomic E-state index is 5.91. The van der Waals surface area contributed by atoms with Gasteiger partial charge in [0.2, 0.25) is 0 Å². The molecule has 1 atom stereocenters. The summed E-state index contributed by atoms with van der Waals surface area (Å²) in [6.07, 6.45) is 6.15. The van der Waals surface area contributed by atoms with Gasteiger partial charge in [-0.3, -0.25) is 9.58 Å². The highest BCUT2D eigenvalue weighted by atomic mass is 15.2. The average Bonchev–Trinajstić information content (AvgIpc) is 2.75. The summed E-state index contributed by atoms with van der Waals surface area (Å²) in [6.45, 7) is 9.46. The largest absolute Gasteiger partial charge is 0.329 e. The second-order valence-corrected chi connectivity index (χ2v) is 4.91. The lowest BCUT2D eigenvalue weighted by Gasteiger charge is -2.39. The Balaban J connectivity index is 2.58. The van der Waals surface area contributed by atoms with E-state index in [0.717, 1.165) is 25.9 Å². The van der Waals surface area contributed by atoms with Gasteiger partial charge in [-0.2, -0.15) is 5.10 Å². The highest BCUT2D eigenvalue weighted by molar-refractivity contribution is 5.04. The molecule has 17 heavy (non-hydrogen) atoms. The lowest BCUT2D eigenvalue weighted by Crippen LogP contribution is -2.51. The Morgan fingerprint density at radius 2 is 2.18 bits per heavy atom. The third-order valence-corrected chi connectivity index (χ3v) is 3.78. The van der Waals surface area contributed by atoms with Gasteiger partial charge in [0.1, 0.15) is 0 Å². The monoisotopic (exact) mass is 238 g/mol. The zero-order valence-corrected chi connectivity index (χ0v) is 11.6. The van der Waals surface area contributed by atoms with Crippen molar-refractivity contribution in [2.75, 3.05) is 19.6 Å².